The fourth-order valence-corrected chi connectivity index (χ4v) is 2.18. The van der Waals surface area contributed by atoms with E-state index >= 15 is 0 Å². The third-order valence-corrected chi connectivity index (χ3v) is 3.65. The van der Waals surface area contributed by atoms with Crippen LogP contribution in [0.3, 0.4) is 0 Å². The van der Waals surface area contributed by atoms with Crippen LogP contribution in [0.2, 0.25) is 0 Å². The van der Waals surface area contributed by atoms with Gasteiger partial charge in [0.15, 0.2) is 0 Å². The number of hydrogen-bond donors (Lipinski definition) is 1. The Balaban J connectivity index is 2.00. The van der Waals surface area contributed by atoms with Crippen LogP contribution in [0.4, 0.5) is 0 Å². The molecular formula is C14H21N3O. The zero-order chi connectivity index (χ0) is 13.2. The molecule has 4 heteroatoms. The van der Waals surface area contributed by atoms with Gasteiger partial charge in [-0.3, -0.25) is 9.78 Å². The van der Waals surface area contributed by atoms with Crippen LogP contribution in [0.15, 0.2) is 18.3 Å². The lowest BCUT2D eigenvalue weighted by Gasteiger charge is -2.38. The van der Waals surface area contributed by atoms with Gasteiger partial charge in [0.25, 0.3) is 5.91 Å². The highest BCUT2D eigenvalue weighted by Gasteiger charge is 2.30. The maximum Gasteiger partial charge on any atom is 0.270 e. The van der Waals surface area contributed by atoms with Crippen LogP contribution in [0.5, 0.6) is 0 Å². The predicted molar refractivity (Wildman–Crippen MR) is 71.6 cm³/mol. The first-order valence-electron chi connectivity index (χ1n) is 6.42. The number of aromatic nitrogens is 1. The Kier molecular flexibility index (Phi) is 3.66. The number of carbonyl (C=O) groups is 1. The van der Waals surface area contributed by atoms with E-state index in [9.17, 15) is 4.79 Å². The van der Waals surface area contributed by atoms with E-state index in [1.54, 1.807) is 12.3 Å². The number of aryl methyl sites for hydroxylation is 1. The molecule has 0 bridgehead atoms. The maximum atomic E-state index is 12.1. The molecule has 0 saturated carbocycles. The van der Waals surface area contributed by atoms with E-state index in [0.717, 1.165) is 31.5 Å². The van der Waals surface area contributed by atoms with Gasteiger partial charge in [0.05, 0.1) is 0 Å². The molecule has 18 heavy (non-hydrogen) atoms. The van der Waals surface area contributed by atoms with E-state index in [0.29, 0.717) is 5.69 Å². The van der Waals surface area contributed by atoms with Crippen molar-refractivity contribution in [1.82, 2.24) is 15.2 Å². The molecule has 1 aromatic heterocycles. The summed E-state index contributed by atoms with van der Waals surface area (Å²) in [6, 6.07) is 3.70. The van der Waals surface area contributed by atoms with Crippen molar-refractivity contribution in [2.75, 3.05) is 20.1 Å². The molecule has 0 spiro atoms. The van der Waals surface area contributed by atoms with Crippen molar-refractivity contribution in [2.24, 2.45) is 0 Å². The number of pyridine rings is 1. The normalized spacial score (nSPS) is 19.5. The molecule has 1 fully saturated rings. The van der Waals surface area contributed by atoms with Crippen molar-refractivity contribution < 1.29 is 4.79 Å². The first-order valence-corrected chi connectivity index (χ1v) is 6.42. The Morgan fingerprint density at radius 2 is 2.06 bits per heavy atom. The summed E-state index contributed by atoms with van der Waals surface area (Å²) in [5.74, 6) is -0.0675. The molecule has 1 aromatic rings. The van der Waals surface area contributed by atoms with Gasteiger partial charge in [-0.2, -0.15) is 0 Å². The van der Waals surface area contributed by atoms with Gasteiger partial charge in [-0.25, -0.2) is 0 Å². The molecule has 1 saturated heterocycles. The van der Waals surface area contributed by atoms with Crippen LogP contribution in [0.25, 0.3) is 0 Å². The molecular weight excluding hydrogens is 226 g/mol. The number of likely N-dealkylation sites (tertiary alicyclic amines) is 1. The van der Waals surface area contributed by atoms with E-state index < -0.39 is 0 Å². The first kappa shape index (κ1) is 13.0. The third kappa shape index (κ3) is 3.07. The molecule has 1 N–H and O–H groups in total. The van der Waals surface area contributed by atoms with Crippen molar-refractivity contribution >= 4 is 5.91 Å². The van der Waals surface area contributed by atoms with Crippen LogP contribution in [-0.2, 0) is 0 Å². The van der Waals surface area contributed by atoms with Gasteiger partial charge in [-0.1, -0.05) is 6.07 Å². The lowest BCUT2D eigenvalue weighted by Crippen LogP contribution is -2.52. The monoisotopic (exact) mass is 247 g/mol. The Morgan fingerprint density at radius 3 is 2.61 bits per heavy atom. The number of piperidine rings is 1. The van der Waals surface area contributed by atoms with Gasteiger partial charge in [-0.05, 0) is 45.4 Å². The molecule has 0 atom stereocenters. The van der Waals surface area contributed by atoms with Gasteiger partial charge in [0.1, 0.15) is 5.69 Å². The Hall–Kier alpha value is -1.42. The molecule has 0 aromatic carbocycles. The second kappa shape index (κ2) is 5.06. The SMILES string of the molecule is Cc1ccc(C(=O)NC2(C)CCN(C)CC2)nc1. The van der Waals surface area contributed by atoms with Crippen molar-refractivity contribution in [3.05, 3.63) is 29.6 Å². The van der Waals surface area contributed by atoms with Crippen LogP contribution in [0, 0.1) is 6.92 Å². The summed E-state index contributed by atoms with van der Waals surface area (Å²) in [6.45, 7) is 6.13. The molecule has 1 aliphatic rings. The zero-order valence-corrected chi connectivity index (χ0v) is 11.4. The van der Waals surface area contributed by atoms with Crippen molar-refractivity contribution in [2.45, 2.75) is 32.2 Å². The zero-order valence-electron chi connectivity index (χ0n) is 11.4. The summed E-state index contributed by atoms with van der Waals surface area (Å²) in [5.41, 5.74) is 1.47. The predicted octanol–water partition coefficient (Wildman–Crippen LogP) is 1.60. The molecule has 0 aliphatic carbocycles. The average Bonchev–Trinajstić information content (AvgIpc) is 2.34. The number of nitrogens with one attached hydrogen (secondary N) is 1. The summed E-state index contributed by atoms with van der Waals surface area (Å²) in [5, 5.41) is 3.12. The van der Waals surface area contributed by atoms with E-state index in [4.69, 9.17) is 0 Å². The van der Waals surface area contributed by atoms with Gasteiger partial charge < -0.3 is 10.2 Å². The summed E-state index contributed by atoms with van der Waals surface area (Å²) >= 11 is 0. The van der Waals surface area contributed by atoms with Crippen molar-refractivity contribution in [1.29, 1.82) is 0 Å². The molecule has 0 radical (unpaired) electrons. The first-order chi connectivity index (χ1) is 8.48. The highest BCUT2D eigenvalue weighted by atomic mass is 16.2. The summed E-state index contributed by atoms with van der Waals surface area (Å²) in [7, 11) is 2.11. The van der Waals surface area contributed by atoms with E-state index in [2.05, 4.69) is 29.2 Å². The summed E-state index contributed by atoms with van der Waals surface area (Å²) in [6.07, 6.45) is 3.70. The number of carbonyl (C=O) groups excluding carboxylic acids is 1. The highest BCUT2D eigenvalue weighted by Crippen LogP contribution is 2.21. The van der Waals surface area contributed by atoms with Gasteiger partial charge in [0.2, 0.25) is 0 Å². The maximum absolute atomic E-state index is 12.1. The molecule has 2 heterocycles. The van der Waals surface area contributed by atoms with E-state index in [1.807, 2.05) is 13.0 Å². The molecule has 1 amide bonds. The van der Waals surface area contributed by atoms with Crippen LogP contribution >= 0.6 is 0 Å². The second-order valence-electron chi connectivity index (χ2n) is 5.54. The second-order valence-corrected chi connectivity index (χ2v) is 5.54. The third-order valence-electron chi connectivity index (χ3n) is 3.65. The minimum atomic E-state index is -0.101. The number of amides is 1. The lowest BCUT2D eigenvalue weighted by atomic mass is 9.89. The Bertz CT molecular complexity index is 419. The number of hydrogen-bond acceptors (Lipinski definition) is 3. The van der Waals surface area contributed by atoms with Gasteiger partial charge in [-0.15, -0.1) is 0 Å². The average molecular weight is 247 g/mol. The van der Waals surface area contributed by atoms with Gasteiger partial charge >= 0.3 is 0 Å². The molecule has 0 unspecified atom stereocenters. The molecule has 98 valence electrons. The van der Waals surface area contributed by atoms with E-state index in [-0.39, 0.29) is 11.4 Å². The highest BCUT2D eigenvalue weighted by molar-refractivity contribution is 5.92. The topological polar surface area (TPSA) is 45.2 Å². The van der Waals surface area contributed by atoms with Crippen LogP contribution in [-0.4, -0.2) is 41.5 Å². The fraction of sp³-hybridized carbons (Fsp3) is 0.571. The molecule has 2 rings (SSSR count). The Morgan fingerprint density at radius 1 is 1.39 bits per heavy atom. The standard InChI is InChI=1S/C14H21N3O/c1-11-4-5-12(15-10-11)13(18)16-14(2)6-8-17(3)9-7-14/h4-5,10H,6-9H2,1-3H3,(H,16,18). The Labute approximate surface area is 108 Å². The number of nitrogens with zero attached hydrogens (tertiary/aromatic N) is 2. The smallest absolute Gasteiger partial charge is 0.270 e. The van der Waals surface area contributed by atoms with Crippen LogP contribution in [0.1, 0.15) is 35.8 Å². The summed E-state index contributed by atoms with van der Waals surface area (Å²) in [4.78, 5) is 18.6. The molecule has 1 aliphatic heterocycles. The minimum Gasteiger partial charge on any atom is -0.345 e. The summed E-state index contributed by atoms with van der Waals surface area (Å²) < 4.78 is 0. The largest absolute Gasteiger partial charge is 0.345 e. The van der Waals surface area contributed by atoms with Crippen molar-refractivity contribution in [3.63, 3.8) is 0 Å². The minimum absolute atomic E-state index is 0.0675. The number of rotatable bonds is 2. The lowest BCUT2D eigenvalue weighted by molar-refractivity contribution is 0.0847. The van der Waals surface area contributed by atoms with Crippen molar-refractivity contribution in [3.8, 4) is 0 Å². The van der Waals surface area contributed by atoms with E-state index in [1.165, 1.54) is 0 Å². The fourth-order valence-electron chi connectivity index (χ4n) is 2.18. The molecule has 4 nitrogen and oxygen atoms in total. The van der Waals surface area contributed by atoms with Gasteiger partial charge in [0, 0.05) is 24.8 Å². The van der Waals surface area contributed by atoms with Crippen LogP contribution < -0.4 is 5.32 Å². The quantitative estimate of drug-likeness (QED) is 0.863.